The third-order valence-electron chi connectivity index (χ3n) is 4.62. The van der Waals surface area contributed by atoms with Crippen LogP contribution in [0.15, 0.2) is 78.0 Å². The topological polar surface area (TPSA) is 33.4 Å². The number of fused-ring (bicyclic) bond motifs is 1. The van der Waals surface area contributed by atoms with Crippen molar-refractivity contribution in [3.05, 3.63) is 84.2 Å². The Morgan fingerprint density at radius 2 is 1.67 bits per heavy atom. The summed E-state index contributed by atoms with van der Waals surface area (Å²) in [5, 5.41) is 0. The lowest BCUT2D eigenvalue weighted by Gasteiger charge is -2.11. The first kappa shape index (κ1) is 17.0. The van der Waals surface area contributed by atoms with E-state index in [1.165, 1.54) is 11.3 Å². The van der Waals surface area contributed by atoms with Crippen molar-refractivity contribution < 1.29 is 0 Å². The van der Waals surface area contributed by atoms with Crippen molar-refractivity contribution in [2.75, 3.05) is 19.0 Å². The maximum atomic E-state index is 4.61. The van der Waals surface area contributed by atoms with Gasteiger partial charge in [-0.15, -0.1) is 0 Å². The zero-order valence-electron chi connectivity index (χ0n) is 15.8. The molecule has 0 atom stereocenters. The van der Waals surface area contributed by atoms with Crippen LogP contribution in [-0.2, 0) is 0 Å². The van der Waals surface area contributed by atoms with Gasteiger partial charge in [0.05, 0.1) is 16.7 Å². The highest BCUT2D eigenvalue weighted by Crippen LogP contribution is 2.23. The first-order chi connectivity index (χ1) is 13.1. The maximum Gasteiger partial charge on any atom is 0.100 e. The Morgan fingerprint density at radius 3 is 2.37 bits per heavy atom. The molecule has 4 aromatic rings. The number of hydrogen-bond acceptors (Lipinski definition) is 3. The van der Waals surface area contributed by atoms with Gasteiger partial charge in [0.15, 0.2) is 0 Å². The summed E-state index contributed by atoms with van der Waals surface area (Å²) < 4.78 is 2.10. The second-order valence-electron chi connectivity index (χ2n) is 6.87. The lowest BCUT2D eigenvalue weighted by atomic mass is 10.2. The van der Waals surface area contributed by atoms with Crippen LogP contribution < -0.4 is 4.90 Å². The summed E-state index contributed by atoms with van der Waals surface area (Å²) in [6, 6.07) is 22.9. The van der Waals surface area contributed by atoms with Crippen LogP contribution in [0.1, 0.15) is 11.1 Å². The monoisotopic (exact) mass is 354 g/mol. The number of imidazole rings is 1. The quantitative estimate of drug-likeness (QED) is 0.475. The number of aliphatic imine (C=N–C) groups is 1. The molecule has 4 rings (SSSR count). The highest BCUT2D eigenvalue weighted by molar-refractivity contribution is 5.85. The average Bonchev–Trinajstić information content (AvgIpc) is 3.10. The third kappa shape index (κ3) is 3.60. The number of aryl methyl sites for hydroxylation is 1. The van der Waals surface area contributed by atoms with Gasteiger partial charge in [0.1, 0.15) is 6.33 Å². The molecule has 0 bridgehead atoms. The van der Waals surface area contributed by atoms with Gasteiger partial charge >= 0.3 is 0 Å². The van der Waals surface area contributed by atoms with Crippen LogP contribution in [-0.4, -0.2) is 29.9 Å². The minimum atomic E-state index is 0.897. The van der Waals surface area contributed by atoms with Gasteiger partial charge in [0.25, 0.3) is 0 Å². The Hall–Kier alpha value is -3.40. The van der Waals surface area contributed by atoms with Crippen molar-refractivity contribution >= 4 is 28.6 Å². The average molecular weight is 354 g/mol. The molecule has 4 heteroatoms. The van der Waals surface area contributed by atoms with E-state index in [1.54, 1.807) is 0 Å². The molecule has 1 aromatic heterocycles. The third-order valence-corrected chi connectivity index (χ3v) is 4.62. The van der Waals surface area contributed by atoms with Crippen LogP contribution in [0.4, 0.5) is 11.4 Å². The molecule has 0 saturated carbocycles. The lowest BCUT2D eigenvalue weighted by molar-refractivity contribution is 1.09. The van der Waals surface area contributed by atoms with Crippen molar-refractivity contribution in [1.82, 2.24) is 9.55 Å². The van der Waals surface area contributed by atoms with Gasteiger partial charge in [-0.3, -0.25) is 9.56 Å². The molecule has 134 valence electrons. The number of nitrogens with zero attached hydrogens (tertiary/aromatic N) is 4. The maximum absolute atomic E-state index is 4.61. The van der Waals surface area contributed by atoms with Crippen LogP contribution in [0.25, 0.3) is 16.7 Å². The van der Waals surface area contributed by atoms with Crippen LogP contribution in [0, 0.1) is 6.92 Å². The molecule has 0 amide bonds. The van der Waals surface area contributed by atoms with Gasteiger partial charge in [-0.25, -0.2) is 4.98 Å². The highest BCUT2D eigenvalue weighted by Gasteiger charge is 2.05. The first-order valence-electron chi connectivity index (χ1n) is 8.96. The van der Waals surface area contributed by atoms with E-state index in [-0.39, 0.29) is 0 Å². The molecule has 1 heterocycles. The van der Waals surface area contributed by atoms with Crippen molar-refractivity contribution in [2.24, 2.45) is 4.99 Å². The van der Waals surface area contributed by atoms with E-state index >= 15 is 0 Å². The zero-order chi connectivity index (χ0) is 18.8. The molecule has 0 radical (unpaired) electrons. The standard InChI is InChI=1S/C23H22N4/c1-17-4-9-21(10-5-17)27-16-25-22-14-19(8-13-23(22)27)24-15-18-6-11-20(12-7-18)26(2)3/h4-16H,1-3H3. The Morgan fingerprint density at radius 1 is 0.926 bits per heavy atom. The molecule has 0 aliphatic heterocycles. The van der Waals surface area contributed by atoms with Gasteiger partial charge in [-0.2, -0.15) is 0 Å². The molecule has 0 unspecified atom stereocenters. The molecule has 0 fully saturated rings. The lowest BCUT2D eigenvalue weighted by Crippen LogP contribution is -2.08. The molecule has 27 heavy (non-hydrogen) atoms. The van der Waals surface area contributed by atoms with E-state index in [2.05, 4.69) is 81.0 Å². The second-order valence-corrected chi connectivity index (χ2v) is 6.87. The van der Waals surface area contributed by atoms with Gasteiger partial charge in [-0.1, -0.05) is 29.8 Å². The van der Waals surface area contributed by atoms with Crippen molar-refractivity contribution in [3.63, 3.8) is 0 Å². The fourth-order valence-electron chi connectivity index (χ4n) is 3.00. The number of benzene rings is 3. The largest absolute Gasteiger partial charge is 0.378 e. The molecule has 0 aliphatic rings. The minimum absolute atomic E-state index is 0.897. The molecule has 0 aliphatic carbocycles. The second kappa shape index (κ2) is 7.08. The Balaban J connectivity index is 1.59. The number of aromatic nitrogens is 2. The molecule has 0 N–H and O–H groups in total. The fraction of sp³-hybridized carbons (Fsp3) is 0.130. The summed E-state index contributed by atoms with van der Waals surface area (Å²) >= 11 is 0. The molecule has 0 saturated heterocycles. The summed E-state index contributed by atoms with van der Waals surface area (Å²) in [6.45, 7) is 2.09. The van der Waals surface area contributed by atoms with Crippen molar-refractivity contribution in [3.8, 4) is 5.69 Å². The molecule has 4 nitrogen and oxygen atoms in total. The SMILES string of the molecule is Cc1ccc(-n2cnc3cc(N=Cc4ccc(N(C)C)cc4)ccc32)cc1. The Kier molecular flexibility index (Phi) is 4.47. The minimum Gasteiger partial charge on any atom is -0.378 e. The van der Waals surface area contributed by atoms with Crippen molar-refractivity contribution in [2.45, 2.75) is 6.92 Å². The van der Waals surface area contributed by atoms with Gasteiger partial charge in [0.2, 0.25) is 0 Å². The van der Waals surface area contributed by atoms with Crippen LogP contribution >= 0.6 is 0 Å². The van der Waals surface area contributed by atoms with E-state index in [0.717, 1.165) is 28.0 Å². The van der Waals surface area contributed by atoms with Crippen molar-refractivity contribution in [1.29, 1.82) is 0 Å². The van der Waals surface area contributed by atoms with E-state index in [4.69, 9.17) is 0 Å². The van der Waals surface area contributed by atoms with Crippen LogP contribution in [0.3, 0.4) is 0 Å². The van der Waals surface area contributed by atoms with E-state index in [0.29, 0.717) is 0 Å². The fourth-order valence-corrected chi connectivity index (χ4v) is 3.00. The summed E-state index contributed by atoms with van der Waals surface area (Å²) in [5.41, 5.74) is 7.52. The predicted octanol–water partition coefficient (Wildman–Crippen LogP) is 5.15. The highest BCUT2D eigenvalue weighted by atomic mass is 15.1. The molecular weight excluding hydrogens is 332 g/mol. The summed E-state index contributed by atoms with van der Waals surface area (Å²) in [7, 11) is 4.07. The summed E-state index contributed by atoms with van der Waals surface area (Å²) in [6.07, 6.45) is 3.75. The smallest absolute Gasteiger partial charge is 0.100 e. The Bertz CT molecular complexity index is 1090. The Labute approximate surface area is 159 Å². The summed E-state index contributed by atoms with van der Waals surface area (Å²) in [4.78, 5) is 11.2. The summed E-state index contributed by atoms with van der Waals surface area (Å²) in [5.74, 6) is 0. The van der Waals surface area contributed by atoms with E-state index in [9.17, 15) is 0 Å². The number of anilines is 1. The zero-order valence-corrected chi connectivity index (χ0v) is 15.8. The number of hydrogen-bond donors (Lipinski definition) is 0. The molecular formula is C23H22N4. The van der Waals surface area contributed by atoms with Gasteiger partial charge in [-0.05, 0) is 55.0 Å². The van der Waals surface area contributed by atoms with Gasteiger partial charge < -0.3 is 4.90 Å². The van der Waals surface area contributed by atoms with Gasteiger partial charge in [0, 0.05) is 31.7 Å². The van der Waals surface area contributed by atoms with Crippen LogP contribution in [0.2, 0.25) is 0 Å². The van der Waals surface area contributed by atoms with E-state index in [1.807, 2.05) is 38.8 Å². The predicted molar refractivity (Wildman–Crippen MR) is 114 cm³/mol. The first-order valence-corrected chi connectivity index (χ1v) is 8.96. The number of rotatable bonds is 4. The molecule has 0 spiro atoms. The normalized spacial score (nSPS) is 11.4. The van der Waals surface area contributed by atoms with Crippen LogP contribution in [0.5, 0.6) is 0 Å². The van der Waals surface area contributed by atoms with E-state index < -0.39 is 0 Å². The molecule has 3 aromatic carbocycles.